The van der Waals surface area contributed by atoms with E-state index in [-0.39, 0.29) is 11.7 Å². The fourth-order valence-electron chi connectivity index (χ4n) is 3.72. The Morgan fingerprint density at radius 2 is 1.85 bits per heavy atom. The maximum absolute atomic E-state index is 13.1. The lowest BCUT2D eigenvalue weighted by Crippen LogP contribution is -2.25. The number of nitrogen functional groups attached to an aromatic ring is 1. The minimum absolute atomic E-state index is 0.196. The normalized spacial score (nSPS) is 11.6. The molecular formula is C25H27ClN6O. The second-order valence-corrected chi connectivity index (χ2v) is 8.36. The van der Waals surface area contributed by atoms with E-state index in [0.717, 1.165) is 18.4 Å². The summed E-state index contributed by atoms with van der Waals surface area (Å²) in [4.78, 5) is 22.5. The van der Waals surface area contributed by atoms with Crippen molar-refractivity contribution in [3.05, 3.63) is 64.7 Å². The van der Waals surface area contributed by atoms with Gasteiger partial charge in [-0.15, -0.1) is 0 Å². The van der Waals surface area contributed by atoms with Gasteiger partial charge in [-0.3, -0.25) is 4.79 Å². The number of hydrogen-bond donors (Lipinski definition) is 2. The Balaban J connectivity index is 1.70. The van der Waals surface area contributed by atoms with Crippen molar-refractivity contribution in [2.45, 2.75) is 39.0 Å². The first-order valence-corrected chi connectivity index (χ1v) is 11.6. The lowest BCUT2D eigenvalue weighted by Gasteiger charge is -2.05. The number of rotatable bonds is 9. The molecule has 0 aliphatic rings. The van der Waals surface area contributed by atoms with E-state index in [1.54, 1.807) is 18.3 Å². The van der Waals surface area contributed by atoms with Gasteiger partial charge in [0.05, 0.1) is 17.2 Å². The monoisotopic (exact) mass is 462 g/mol. The van der Waals surface area contributed by atoms with E-state index in [1.807, 2.05) is 36.4 Å². The number of unbranched alkanes of at least 4 members (excludes halogenated alkanes) is 4. The van der Waals surface area contributed by atoms with Crippen molar-refractivity contribution in [2.75, 3.05) is 12.3 Å². The van der Waals surface area contributed by atoms with E-state index in [0.29, 0.717) is 39.3 Å². The van der Waals surface area contributed by atoms with E-state index in [1.165, 1.54) is 23.9 Å². The largest absolute Gasteiger partial charge is 0.383 e. The first-order valence-electron chi connectivity index (χ1n) is 11.2. The number of carbonyl (C=O) groups is 1. The third kappa shape index (κ3) is 5.14. The molecule has 33 heavy (non-hydrogen) atoms. The van der Waals surface area contributed by atoms with Crippen molar-refractivity contribution in [1.29, 1.82) is 0 Å². The van der Waals surface area contributed by atoms with Crippen molar-refractivity contribution < 1.29 is 4.79 Å². The van der Waals surface area contributed by atoms with Gasteiger partial charge in [0.2, 0.25) is 0 Å². The average molecular weight is 463 g/mol. The lowest BCUT2D eigenvalue weighted by atomic mass is 10.1. The van der Waals surface area contributed by atoms with Gasteiger partial charge in [0.25, 0.3) is 5.91 Å². The molecule has 0 saturated heterocycles. The van der Waals surface area contributed by atoms with Crippen molar-refractivity contribution in [2.24, 2.45) is 5.10 Å². The quantitative estimate of drug-likeness (QED) is 0.257. The molecule has 0 atom stereocenters. The summed E-state index contributed by atoms with van der Waals surface area (Å²) < 4.78 is 1.46. The topological polar surface area (TPSA) is 98.2 Å². The molecule has 0 unspecified atom stereocenters. The Labute approximate surface area is 197 Å². The van der Waals surface area contributed by atoms with Crippen LogP contribution in [0.2, 0.25) is 5.02 Å². The van der Waals surface area contributed by atoms with Gasteiger partial charge in [0.1, 0.15) is 16.9 Å². The van der Waals surface area contributed by atoms with Crippen LogP contribution in [0.3, 0.4) is 0 Å². The highest BCUT2D eigenvalue weighted by Gasteiger charge is 2.23. The molecule has 3 N–H and O–H groups in total. The number of hydrogen-bond acceptors (Lipinski definition) is 5. The number of anilines is 1. The zero-order valence-corrected chi connectivity index (χ0v) is 19.3. The highest BCUT2D eigenvalue weighted by molar-refractivity contribution is 6.30. The number of para-hydroxylation sites is 2. The van der Waals surface area contributed by atoms with Gasteiger partial charge in [-0.1, -0.05) is 68.5 Å². The van der Waals surface area contributed by atoms with Gasteiger partial charge in [-0.05, 0) is 36.2 Å². The van der Waals surface area contributed by atoms with Crippen LogP contribution in [0.25, 0.3) is 22.2 Å². The van der Waals surface area contributed by atoms with Crippen LogP contribution in [0, 0.1) is 0 Å². The lowest BCUT2D eigenvalue weighted by molar-refractivity contribution is 0.0955. The fourth-order valence-corrected chi connectivity index (χ4v) is 3.92. The second kappa shape index (κ2) is 10.4. The minimum atomic E-state index is -0.269. The fraction of sp³-hybridized carbons (Fsp3) is 0.280. The summed E-state index contributed by atoms with van der Waals surface area (Å²) in [5.41, 5.74) is 9.76. The zero-order chi connectivity index (χ0) is 23.2. The van der Waals surface area contributed by atoms with Crippen molar-refractivity contribution >= 4 is 51.7 Å². The Bertz CT molecular complexity index is 1310. The van der Waals surface area contributed by atoms with E-state index in [4.69, 9.17) is 27.3 Å². The SMILES string of the molecule is CCCCCCCNC(=O)c1c(N)n(/N=C\c2cccc(Cl)c2)c2nc3ccccc3nc12. The number of nitrogens with one attached hydrogen (secondary N) is 1. The molecule has 4 rings (SSSR count). The van der Waals surface area contributed by atoms with E-state index < -0.39 is 0 Å². The Morgan fingerprint density at radius 1 is 1.09 bits per heavy atom. The molecule has 0 saturated carbocycles. The number of fused-ring (bicyclic) bond motifs is 2. The third-order valence-corrected chi connectivity index (χ3v) is 5.67. The van der Waals surface area contributed by atoms with Crippen molar-refractivity contribution in [3.8, 4) is 0 Å². The average Bonchev–Trinajstić information content (AvgIpc) is 3.08. The summed E-state index contributed by atoms with van der Waals surface area (Å²) in [6.07, 6.45) is 7.20. The van der Waals surface area contributed by atoms with E-state index in [2.05, 4.69) is 17.3 Å². The molecule has 0 spiro atoms. The number of carbonyl (C=O) groups excluding carboxylic acids is 1. The molecule has 0 radical (unpaired) electrons. The smallest absolute Gasteiger partial charge is 0.257 e. The number of nitrogens with two attached hydrogens (primary N) is 1. The Morgan fingerprint density at radius 3 is 2.61 bits per heavy atom. The molecule has 1 amide bonds. The maximum atomic E-state index is 13.1. The first-order chi connectivity index (χ1) is 16.1. The van der Waals surface area contributed by atoms with Crippen LogP contribution < -0.4 is 11.1 Å². The molecule has 2 aromatic heterocycles. The summed E-state index contributed by atoms with van der Waals surface area (Å²) in [7, 11) is 0. The molecule has 0 aliphatic carbocycles. The zero-order valence-electron chi connectivity index (χ0n) is 18.6. The van der Waals surface area contributed by atoms with Gasteiger partial charge < -0.3 is 11.1 Å². The van der Waals surface area contributed by atoms with Gasteiger partial charge in [-0.25, -0.2) is 9.97 Å². The number of nitrogens with zero attached hydrogens (tertiary/aromatic N) is 4. The van der Waals surface area contributed by atoms with Gasteiger partial charge in [0.15, 0.2) is 5.65 Å². The molecule has 2 aromatic carbocycles. The highest BCUT2D eigenvalue weighted by atomic mass is 35.5. The number of benzene rings is 2. The summed E-state index contributed by atoms with van der Waals surface area (Å²) in [5, 5.41) is 8.10. The van der Waals surface area contributed by atoms with Gasteiger partial charge in [-0.2, -0.15) is 9.78 Å². The predicted octanol–water partition coefficient (Wildman–Crippen LogP) is 5.40. The molecular weight excluding hydrogens is 436 g/mol. The molecule has 0 aliphatic heterocycles. The number of halogens is 1. The van der Waals surface area contributed by atoms with Crippen molar-refractivity contribution in [3.63, 3.8) is 0 Å². The molecule has 2 heterocycles. The van der Waals surface area contributed by atoms with Gasteiger partial charge in [0, 0.05) is 11.6 Å². The maximum Gasteiger partial charge on any atom is 0.257 e. The molecule has 0 fully saturated rings. The summed E-state index contributed by atoms with van der Waals surface area (Å²) in [6.45, 7) is 2.77. The molecule has 7 nitrogen and oxygen atoms in total. The Hall–Kier alpha value is -3.45. The van der Waals surface area contributed by atoms with Crippen LogP contribution in [0.1, 0.15) is 54.9 Å². The van der Waals surface area contributed by atoms with Crippen LogP contribution in [0.4, 0.5) is 5.82 Å². The van der Waals surface area contributed by atoms with Gasteiger partial charge >= 0.3 is 0 Å². The third-order valence-electron chi connectivity index (χ3n) is 5.44. The highest BCUT2D eigenvalue weighted by Crippen LogP contribution is 2.28. The molecule has 0 bridgehead atoms. The van der Waals surface area contributed by atoms with E-state index in [9.17, 15) is 4.79 Å². The van der Waals surface area contributed by atoms with Crippen LogP contribution >= 0.6 is 11.6 Å². The standard InChI is InChI=1S/C25H27ClN6O/c1-2-3-4-5-8-14-28-25(33)21-22-24(31-20-13-7-6-12-19(20)30-22)32(23(21)27)29-16-17-10-9-11-18(26)15-17/h6-7,9-13,15-16H,2-5,8,14,27H2,1H3,(H,28,33)/b29-16-. The van der Waals surface area contributed by atoms with Crippen molar-refractivity contribution in [1.82, 2.24) is 20.0 Å². The second-order valence-electron chi connectivity index (χ2n) is 7.93. The van der Waals surface area contributed by atoms with Crippen LogP contribution in [0.5, 0.6) is 0 Å². The number of aromatic nitrogens is 3. The molecule has 170 valence electrons. The molecule has 4 aromatic rings. The Kier molecular flexibility index (Phi) is 7.19. The first kappa shape index (κ1) is 22.7. The summed E-state index contributed by atoms with van der Waals surface area (Å²) in [6, 6.07) is 14.8. The van der Waals surface area contributed by atoms with Crippen LogP contribution in [-0.2, 0) is 0 Å². The summed E-state index contributed by atoms with van der Waals surface area (Å²) >= 11 is 6.08. The minimum Gasteiger partial charge on any atom is -0.383 e. The number of amides is 1. The van der Waals surface area contributed by atoms with E-state index >= 15 is 0 Å². The summed E-state index contributed by atoms with van der Waals surface area (Å²) in [5.74, 6) is -0.0728. The molecule has 8 heteroatoms. The van der Waals surface area contributed by atoms with Crippen LogP contribution in [-0.4, -0.2) is 33.3 Å². The van der Waals surface area contributed by atoms with Crippen LogP contribution in [0.15, 0.2) is 53.6 Å². The predicted molar refractivity (Wildman–Crippen MR) is 135 cm³/mol.